The fourth-order valence-corrected chi connectivity index (χ4v) is 3.92. The molecule has 7 heteroatoms. The zero-order valence-corrected chi connectivity index (χ0v) is 13.1. The summed E-state index contributed by atoms with van der Waals surface area (Å²) in [4.78, 5) is 35.9. The van der Waals surface area contributed by atoms with Crippen molar-refractivity contribution in [2.45, 2.75) is 12.5 Å². The average Bonchev–Trinajstić information content (AvgIpc) is 2.77. The summed E-state index contributed by atoms with van der Waals surface area (Å²) in [6.07, 6.45) is 1.23. The summed E-state index contributed by atoms with van der Waals surface area (Å²) in [5.74, 6) is -1.67. The van der Waals surface area contributed by atoms with Crippen molar-refractivity contribution in [2.75, 3.05) is 7.11 Å². The van der Waals surface area contributed by atoms with E-state index in [9.17, 15) is 14.4 Å². The van der Waals surface area contributed by atoms with E-state index in [0.717, 1.165) is 0 Å². The molecule has 0 unspecified atom stereocenters. The van der Waals surface area contributed by atoms with Crippen molar-refractivity contribution in [1.29, 1.82) is 0 Å². The first kappa shape index (κ1) is 14.7. The highest BCUT2D eigenvalue weighted by molar-refractivity contribution is 6.08. The molecule has 7 nitrogen and oxygen atoms in total. The SMILES string of the molecule is COc1cccc(OC2=CC(=O)O[C@]3(C)[C@@H]4C(=O)NC(=O)[C@@H]4[C@H]23)c1. The lowest BCUT2D eigenvalue weighted by Crippen LogP contribution is -2.66. The number of ether oxygens (including phenoxy) is 3. The maximum atomic E-state index is 12.0. The fourth-order valence-electron chi connectivity index (χ4n) is 3.92. The van der Waals surface area contributed by atoms with Crippen molar-refractivity contribution in [2.24, 2.45) is 17.8 Å². The largest absolute Gasteiger partial charge is 0.497 e. The Kier molecular flexibility index (Phi) is 2.97. The van der Waals surface area contributed by atoms with Crippen molar-refractivity contribution in [3.63, 3.8) is 0 Å². The van der Waals surface area contributed by atoms with Crippen LogP contribution in [0.2, 0.25) is 0 Å². The van der Waals surface area contributed by atoms with Crippen molar-refractivity contribution < 1.29 is 28.6 Å². The molecule has 2 aliphatic heterocycles. The standard InChI is InChI=1S/C17H15NO6/c1-17-13(12-14(17)16(21)18-15(12)20)10(7-11(19)24-17)23-9-5-3-4-8(6-9)22-2/h3-7,12-14H,1-2H3,(H,18,20,21)/t12-,13+,14+,17+/m1/s1. The van der Waals surface area contributed by atoms with Crippen molar-refractivity contribution >= 4 is 17.8 Å². The van der Waals surface area contributed by atoms with Crippen LogP contribution in [0.25, 0.3) is 0 Å². The average molecular weight is 329 g/mol. The Hall–Kier alpha value is -2.83. The molecule has 1 N–H and O–H groups in total. The molecule has 1 saturated carbocycles. The number of methoxy groups -OCH3 is 1. The predicted octanol–water partition coefficient (Wildman–Crippen LogP) is 0.792. The van der Waals surface area contributed by atoms with Crippen molar-refractivity contribution in [3.8, 4) is 11.5 Å². The minimum absolute atomic E-state index is 0.327. The van der Waals surface area contributed by atoms with Gasteiger partial charge in [0, 0.05) is 6.07 Å². The third kappa shape index (κ3) is 1.87. The fraction of sp³-hybridized carbons (Fsp3) is 0.353. The second-order valence-corrected chi connectivity index (χ2v) is 6.27. The molecular weight excluding hydrogens is 314 g/mol. The monoisotopic (exact) mass is 329 g/mol. The van der Waals surface area contributed by atoms with Gasteiger partial charge in [-0.25, -0.2) is 4.79 Å². The second kappa shape index (κ2) is 4.83. The molecule has 24 heavy (non-hydrogen) atoms. The predicted molar refractivity (Wildman–Crippen MR) is 79.8 cm³/mol. The van der Waals surface area contributed by atoms with Gasteiger partial charge in [0.05, 0.1) is 30.9 Å². The van der Waals surface area contributed by atoms with Crippen LogP contribution in [-0.2, 0) is 19.1 Å². The van der Waals surface area contributed by atoms with Gasteiger partial charge in [-0.05, 0) is 19.1 Å². The maximum Gasteiger partial charge on any atom is 0.334 e. The Labute approximate surface area is 137 Å². The molecule has 1 saturated heterocycles. The van der Waals surface area contributed by atoms with E-state index in [1.54, 1.807) is 38.3 Å². The van der Waals surface area contributed by atoms with Gasteiger partial charge in [0.15, 0.2) is 0 Å². The van der Waals surface area contributed by atoms with Gasteiger partial charge in [-0.3, -0.25) is 14.9 Å². The summed E-state index contributed by atoms with van der Waals surface area (Å²) in [6.45, 7) is 1.66. The lowest BCUT2D eigenvalue weighted by molar-refractivity contribution is -0.209. The van der Waals surface area contributed by atoms with Crippen LogP contribution in [0.1, 0.15) is 6.92 Å². The Morgan fingerprint density at radius 3 is 2.62 bits per heavy atom. The lowest BCUT2D eigenvalue weighted by atomic mass is 9.53. The number of carbonyl (C=O) groups excluding carboxylic acids is 3. The van der Waals surface area contributed by atoms with Gasteiger partial charge in [-0.2, -0.15) is 0 Å². The van der Waals surface area contributed by atoms with Crippen molar-refractivity contribution in [3.05, 3.63) is 36.1 Å². The van der Waals surface area contributed by atoms with Crippen LogP contribution in [0, 0.1) is 17.8 Å². The molecule has 1 aromatic carbocycles. The number of benzene rings is 1. The van der Waals surface area contributed by atoms with E-state index in [2.05, 4.69) is 5.32 Å². The Morgan fingerprint density at radius 2 is 1.88 bits per heavy atom. The third-order valence-corrected chi connectivity index (χ3v) is 4.95. The minimum Gasteiger partial charge on any atom is -0.497 e. The normalized spacial score (nSPS) is 33.5. The van der Waals surface area contributed by atoms with Gasteiger partial charge in [0.2, 0.25) is 11.8 Å². The molecule has 124 valence electrons. The van der Waals surface area contributed by atoms with Crippen LogP contribution in [0.3, 0.4) is 0 Å². The number of carbonyl (C=O) groups is 3. The first-order valence-electron chi connectivity index (χ1n) is 7.55. The third-order valence-electron chi connectivity index (χ3n) is 4.95. The molecule has 1 aromatic rings. The van der Waals surface area contributed by atoms with Gasteiger partial charge in [0.1, 0.15) is 22.9 Å². The number of esters is 1. The summed E-state index contributed by atoms with van der Waals surface area (Å²) in [7, 11) is 1.54. The molecule has 3 aliphatic rings. The first-order valence-corrected chi connectivity index (χ1v) is 7.55. The first-order chi connectivity index (χ1) is 11.4. The maximum absolute atomic E-state index is 12.0. The quantitative estimate of drug-likeness (QED) is 0.651. The van der Waals surface area contributed by atoms with Crippen LogP contribution < -0.4 is 14.8 Å². The van der Waals surface area contributed by atoms with Crippen LogP contribution in [0.4, 0.5) is 0 Å². The molecule has 0 aromatic heterocycles. The Bertz CT molecular complexity index is 800. The van der Waals surface area contributed by atoms with E-state index >= 15 is 0 Å². The van der Waals surface area contributed by atoms with E-state index in [-0.39, 0.29) is 5.91 Å². The lowest BCUT2D eigenvalue weighted by Gasteiger charge is -2.54. The molecule has 4 atom stereocenters. The molecule has 0 bridgehead atoms. The molecule has 4 rings (SSSR count). The zero-order chi connectivity index (χ0) is 17.1. The molecular formula is C17H15NO6. The Morgan fingerprint density at radius 1 is 1.12 bits per heavy atom. The zero-order valence-electron chi connectivity index (χ0n) is 13.1. The molecule has 2 fully saturated rings. The number of imide groups is 1. The van der Waals surface area contributed by atoms with E-state index in [1.165, 1.54) is 6.08 Å². The van der Waals surface area contributed by atoms with E-state index in [1.807, 2.05) is 0 Å². The van der Waals surface area contributed by atoms with Gasteiger partial charge < -0.3 is 14.2 Å². The topological polar surface area (TPSA) is 90.9 Å². The van der Waals surface area contributed by atoms with E-state index in [0.29, 0.717) is 17.3 Å². The van der Waals surface area contributed by atoms with Crippen LogP contribution in [-0.4, -0.2) is 30.5 Å². The van der Waals surface area contributed by atoms with Gasteiger partial charge >= 0.3 is 5.97 Å². The number of amides is 2. The molecule has 0 radical (unpaired) electrons. The van der Waals surface area contributed by atoms with Crippen LogP contribution in [0.5, 0.6) is 11.5 Å². The van der Waals surface area contributed by atoms with E-state index in [4.69, 9.17) is 14.2 Å². The van der Waals surface area contributed by atoms with E-state index < -0.39 is 35.2 Å². The highest BCUT2D eigenvalue weighted by Crippen LogP contribution is 2.58. The van der Waals surface area contributed by atoms with Crippen molar-refractivity contribution in [1.82, 2.24) is 5.32 Å². The highest BCUT2D eigenvalue weighted by atomic mass is 16.6. The number of hydrogen-bond acceptors (Lipinski definition) is 6. The number of hydrogen-bond donors (Lipinski definition) is 1. The molecule has 2 heterocycles. The summed E-state index contributed by atoms with van der Waals surface area (Å²) in [5, 5.41) is 2.31. The van der Waals surface area contributed by atoms with Crippen LogP contribution >= 0.6 is 0 Å². The molecule has 2 amide bonds. The molecule has 0 spiro atoms. The minimum atomic E-state index is -1.07. The smallest absolute Gasteiger partial charge is 0.334 e. The number of rotatable bonds is 3. The van der Waals surface area contributed by atoms with Gasteiger partial charge in [0.25, 0.3) is 0 Å². The number of fused-ring (bicyclic) bond motifs is 4. The summed E-state index contributed by atoms with van der Waals surface area (Å²) in [6, 6.07) is 6.91. The Balaban J connectivity index is 1.69. The molecule has 1 aliphatic carbocycles. The number of nitrogens with one attached hydrogen (secondary N) is 1. The second-order valence-electron chi connectivity index (χ2n) is 6.27. The van der Waals surface area contributed by atoms with Crippen LogP contribution in [0.15, 0.2) is 36.1 Å². The summed E-state index contributed by atoms with van der Waals surface area (Å²) >= 11 is 0. The van der Waals surface area contributed by atoms with Gasteiger partial charge in [-0.15, -0.1) is 0 Å². The van der Waals surface area contributed by atoms with Gasteiger partial charge in [-0.1, -0.05) is 6.07 Å². The summed E-state index contributed by atoms with van der Waals surface area (Å²) < 4.78 is 16.4. The highest BCUT2D eigenvalue weighted by Gasteiger charge is 2.73. The summed E-state index contributed by atoms with van der Waals surface area (Å²) in [5.41, 5.74) is -1.07.